The molecule has 1 aliphatic carbocycles. The van der Waals surface area contributed by atoms with E-state index in [-0.39, 0.29) is 0 Å². The van der Waals surface area contributed by atoms with Crippen molar-refractivity contribution in [1.82, 2.24) is 9.78 Å². The molecule has 0 aromatic carbocycles. The van der Waals surface area contributed by atoms with E-state index in [2.05, 4.69) is 32.4 Å². The number of nitrogens with zero attached hydrogens (tertiary/aromatic N) is 2. The summed E-state index contributed by atoms with van der Waals surface area (Å²) in [5.41, 5.74) is 4.28. The van der Waals surface area contributed by atoms with Gasteiger partial charge in [0.05, 0.1) is 5.69 Å². The van der Waals surface area contributed by atoms with Crippen LogP contribution in [0.15, 0.2) is 0 Å². The van der Waals surface area contributed by atoms with Crippen LogP contribution in [0.3, 0.4) is 0 Å². The lowest BCUT2D eigenvalue weighted by Crippen LogP contribution is -2.06. The van der Waals surface area contributed by atoms with E-state index >= 15 is 0 Å². The Morgan fingerprint density at radius 1 is 1.43 bits per heavy atom. The minimum atomic E-state index is 0.493. The maximum Gasteiger partial charge on any atom is 0.0687 e. The van der Waals surface area contributed by atoms with Crippen molar-refractivity contribution >= 4 is 0 Å². The smallest absolute Gasteiger partial charge is 0.0687 e. The van der Waals surface area contributed by atoms with Crippen LogP contribution in [0.5, 0.6) is 0 Å². The van der Waals surface area contributed by atoms with Gasteiger partial charge in [-0.05, 0) is 45.6 Å². The van der Waals surface area contributed by atoms with Gasteiger partial charge in [0.15, 0.2) is 0 Å². The summed E-state index contributed by atoms with van der Waals surface area (Å²) in [6, 6.07) is 0.493. The predicted octanol–water partition coefficient (Wildman–Crippen LogP) is 3.21. The Morgan fingerprint density at radius 3 is 2.71 bits per heavy atom. The van der Waals surface area contributed by atoms with Gasteiger partial charge in [-0.3, -0.25) is 4.68 Å². The Kier molecular flexibility index (Phi) is 2.38. The molecule has 0 saturated heterocycles. The van der Waals surface area contributed by atoms with Crippen molar-refractivity contribution < 1.29 is 0 Å². The van der Waals surface area contributed by atoms with E-state index in [0.29, 0.717) is 12.0 Å². The zero-order valence-corrected chi connectivity index (χ0v) is 9.67. The van der Waals surface area contributed by atoms with Crippen LogP contribution < -0.4 is 0 Å². The average molecular weight is 192 g/mol. The van der Waals surface area contributed by atoms with Crippen molar-refractivity contribution in [2.45, 2.75) is 58.9 Å². The summed E-state index contributed by atoms with van der Waals surface area (Å²) in [5.74, 6) is 0.664. The number of fused-ring (bicyclic) bond motifs is 1. The van der Waals surface area contributed by atoms with Crippen molar-refractivity contribution in [2.75, 3.05) is 0 Å². The molecule has 0 saturated carbocycles. The summed E-state index contributed by atoms with van der Waals surface area (Å²) < 4.78 is 2.19. The van der Waals surface area contributed by atoms with Crippen LogP contribution in [0.25, 0.3) is 0 Å². The summed E-state index contributed by atoms with van der Waals surface area (Å²) in [6.45, 7) is 8.92. The predicted molar refractivity (Wildman–Crippen MR) is 58.7 cm³/mol. The number of hydrogen-bond donors (Lipinski definition) is 0. The molecule has 0 spiro atoms. The zero-order valence-electron chi connectivity index (χ0n) is 9.67. The second-order valence-corrected chi connectivity index (χ2v) is 4.78. The first-order chi connectivity index (χ1) is 6.61. The third kappa shape index (κ3) is 1.37. The van der Waals surface area contributed by atoms with Gasteiger partial charge in [0.25, 0.3) is 0 Å². The van der Waals surface area contributed by atoms with Gasteiger partial charge in [-0.25, -0.2) is 0 Å². The number of aromatic nitrogens is 2. The van der Waals surface area contributed by atoms with E-state index in [1.165, 1.54) is 36.2 Å². The van der Waals surface area contributed by atoms with Crippen molar-refractivity contribution in [3.63, 3.8) is 0 Å². The molecule has 1 heterocycles. The summed E-state index contributed by atoms with van der Waals surface area (Å²) in [4.78, 5) is 0. The van der Waals surface area contributed by atoms with Gasteiger partial charge >= 0.3 is 0 Å². The normalized spacial score (nSPS) is 21.4. The first-order valence-electron chi connectivity index (χ1n) is 5.69. The lowest BCUT2D eigenvalue weighted by molar-refractivity contribution is 0.505. The van der Waals surface area contributed by atoms with E-state index < -0.39 is 0 Å². The first kappa shape index (κ1) is 9.75. The molecule has 78 valence electrons. The SMILES string of the molecule is Cc1c2c(nn1C(C)C)C(C)CCC2. The lowest BCUT2D eigenvalue weighted by Gasteiger charge is -2.16. The summed E-state index contributed by atoms with van der Waals surface area (Å²) in [5, 5.41) is 4.75. The fourth-order valence-corrected chi connectivity index (χ4v) is 2.50. The highest BCUT2D eigenvalue weighted by Crippen LogP contribution is 2.32. The molecule has 14 heavy (non-hydrogen) atoms. The highest BCUT2D eigenvalue weighted by molar-refractivity contribution is 5.30. The van der Waals surface area contributed by atoms with E-state index in [0.717, 1.165) is 0 Å². The molecule has 0 fully saturated rings. The lowest BCUT2D eigenvalue weighted by atomic mass is 9.88. The van der Waals surface area contributed by atoms with Gasteiger partial charge in [0, 0.05) is 17.7 Å². The monoisotopic (exact) mass is 192 g/mol. The molecule has 2 rings (SSSR count). The first-order valence-corrected chi connectivity index (χ1v) is 5.69. The maximum absolute atomic E-state index is 4.75. The Bertz CT molecular complexity index is 336. The number of hydrogen-bond acceptors (Lipinski definition) is 1. The Balaban J connectivity index is 2.49. The van der Waals surface area contributed by atoms with E-state index in [1.54, 1.807) is 0 Å². The van der Waals surface area contributed by atoms with Gasteiger partial charge in [-0.1, -0.05) is 6.92 Å². The van der Waals surface area contributed by atoms with E-state index in [4.69, 9.17) is 5.10 Å². The molecule has 0 aliphatic heterocycles. The molecule has 1 atom stereocenters. The largest absolute Gasteiger partial charge is 0.267 e. The minimum Gasteiger partial charge on any atom is -0.267 e. The standard InChI is InChI=1S/C12H20N2/c1-8(2)14-10(4)11-7-5-6-9(3)12(11)13-14/h8-9H,5-7H2,1-4H3. The van der Waals surface area contributed by atoms with Gasteiger partial charge in [0.1, 0.15) is 0 Å². The van der Waals surface area contributed by atoms with Crippen LogP contribution in [0, 0.1) is 6.92 Å². The Hall–Kier alpha value is -0.790. The Labute approximate surface area is 86.3 Å². The molecule has 2 heteroatoms. The van der Waals surface area contributed by atoms with Crippen LogP contribution in [0.4, 0.5) is 0 Å². The number of rotatable bonds is 1. The topological polar surface area (TPSA) is 17.8 Å². The van der Waals surface area contributed by atoms with Gasteiger partial charge in [-0.15, -0.1) is 0 Å². The van der Waals surface area contributed by atoms with Crippen molar-refractivity contribution in [3.05, 3.63) is 17.0 Å². The highest BCUT2D eigenvalue weighted by Gasteiger charge is 2.23. The van der Waals surface area contributed by atoms with Crippen LogP contribution in [0.1, 0.15) is 62.5 Å². The molecule has 0 amide bonds. The molecule has 0 bridgehead atoms. The molecule has 1 aromatic rings. The molecule has 2 nitrogen and oxygen atoms in total. The van der Waals surface area contributed by atoms with E-state index in [1.807, 2.05) is 0 Å². The molecule has 1 aliphatic rings. The van der Waals surface area contributed by atoms with Crippen molar-refractivity contribution in [3.8, 4) is 0 Å². The minimum absolute atomic E-state index is 0.493. The van der Waals surface area contributed by atoms with E-state index in [9.17, 15) is 0 Å². The second kappa shape index (κ2) is 3.41. The Morgan fingerprint density at radius 2 is 2.14 bits per heavy atom. The van der Waals surface area contributed by atoms with Crippen LogP contribution in [-0.2, 0) is 6.42 Å². The van der Waals surface area contributed by atoms with Crippen molar-refractivity contribution in [1.29, 1.82) is 0 Å². The summed E-state index contributed by atoms with van der Waals surface area (Å²) >= 11 is 0. The molecule has 0 N–H and O–H groups in total. The summed E-state index contributed by atoms with van der Waals surface area (Å²) in [6.07, 6.45) is 3.87. The second-order valence-electron chi connectivity index (χ2n) is 4.78. The van der Waals surface area contributed by atoms with Crippen LogP contribution in [0.2, 0.25) is 0 Å². The molecular weight excluding hydrogens is 172 g/mol. The quantitative estimate of drug-likeness (QED) is 0.668. The average Bonchev–Trinajstić information content (AvgIpc) is 2.46. The molecule has 0 radical (unpaired) electrons. The van der Waals surface area contributed by atoms with Crippen LogP contribution >= 0.6 is 0 Å². The third-order valence-electron chi connectivity index (χ3n) is 3.32. The highest BCUT2D eigenvalue weighted by atomic mass is 15.3. The molecule has 1 aromatic heterocycles. The molecule has 1 unspecified atom stereocenters. The fraction of sp³-hybridized carbons (Fsp3) is 0.750. The van der Waals surface area contributed by atoms with Gasteiger partial charge < -0.3 is 0 Å². The third-order valence-corrected chi connectivity index (χ3v) is 3.32. The summed E-state index contributed by atoms with van der Waals surface area (Å²) in [7, 11) is 0. The van der Waals surface area contributed by atoms with Gasteiger partial charge in [0.2, 0.25) is 0 Å². The van der Waals surface area contributed by atoms with Gasteiger partial charge in [-0.2, -0.15) is 5.10 Å². The molecular formula is C12H20N2. The van der Waals surface area contributed by atoms with Crippen LogP contribution in [-0.4, -0.2) is 9.78 Å². The zero-order chi connectivity index (χ0) is 10.3. The van der Waals surface area contributed by atoms with Crippen molar-refractivity contribution in [2.24, 2.45) is 0 Å². The maximum atomic E-state index is 4.75. The fourth-order valence-electron chi connectivity index (χ4n) is 2.50.